The number of amides is 1. The van der Waals surface area contributed by atoms with Crippen molar-refractivity contribution in [2.75, 3.05) is 14.2 Å². The number of rotatable bonds is 3. The van der Waals surface area contributed by atoms with Crippen molar-refractivity contribution in [3.63, 3.8) is 0 Å². The zero-order valence-corrected chi connectivity index (χ0v) is 6.83. The molecule has 11 heavy (non-hydrogen) atoms. The molecule has 0 aliphatic rings. The molecular formula is C7H11NO3. The molecule has 0 spiro atoms. The van der Waals surface area contributed by atoms with Gasteiger partial charge in [0.25, 0.3) is 5.91 Å². The maximum Gasteiger partial charge on any atom is 0.269 e. The monoisotopic (exact) mass is 157 g/mol. The minimum absolute atomic E-state index is 0.164. The number of hydrogen-bond acceptors (Lipinski definition) is 3. The van der Waals surface area contributed by atoms with E-state index >= 15 is 0 Å². The molecule has 0 saturated carbocycles. The highest BCUT2D eigenvalue weighted by molar-refractivity contribution is 5.96. The zero-order chi connectivity index (χ0) is 8.85. The second-order valence-electron chi connectivity index (χ2n) is 1.96. The second kappa shape index (κ2) is 4.62. The summed E-state index contributed by atoms with van der Waals surface area (Å²) in [5.41, 5.74) is 0. The van der Waals surface area contributed by atoms with Crippen LogP contribution in [-0.4, -0.2) is 30.9 Å². The Kier molecular flexibility index (Phi) is 4.14. The fraction of sp³-hybridized carbons (Fsp3) is 0.429. The number of hydroxylamine groups is 2. The molecule has 4 heteroatoms. The minimum atomic E-state index is -0.359. The predicted octanol–water partition coefficient (Wildman–Crippen LogP) is 0.151. The number of likely N-dealkylation sites (N-methyl/N-ethyl adjacent to an activating group) is 1. The first kappa shape index (κ1) is 9.84. The number of hydrogen-bond donors (Lipinski definition) is 0. The molecule has 0 aliphatic carbocycles. The van der Waals surface area contributed by atoms with Gasteiger partial charge in [0.15, 0.2) is 5.78 Å². The van der Waals surface area contributed by atoms with Gasteiger partial charge in [-0.3, -0.25) is 14.4 Å². The lowest BCUT2D eigenvalue weighted by Gasteiger charge is -2.09. The average Bonchev–Trinajstić information content (AvgIpc) is 1.98. The molecule has 0 unspecified atom stereocenters. The van der Waals surface area contributed by atoms with Gasteiger partial charge >= 0.3 is 0 Å². The van der Waals surface area contributed by atoms with Crippen LogP contribution in [0.3, 0.4) is 0 Å². The van der Waals surface area contributed by atoms with Gasteiger partial charge in [0.05, 0.1) is 7.11 Å². The van der Waals surface area contributed by atoms with Gasteiger partial charge < -0.3 is 0 Å². The second-order valence-corrected chi connectivity index (χ2v) is 1.96. The van der Waals surface area contributed by atoms with E-state index in [-0.39, 0.29) is 11.7 Å². The van der Waals surface area contributed by atoms with Crippen LogP contribution in [0.4, 0.5) is 0 Å². The first-order chi connectivity index (χ1) is 5.07. The van der Waals surface area contributed by atoms with Crippen LogP contribution >= 0.6 is 0 Å². The summed E-state index contributed by atoms with van der Waals surface area (Å²) < 4.78 is 0. The average molecular weight is 157 g/mol. The molecule has 0 atom stereocenters. The molecule has 0 rings (SSSR count). The summed E-state index contributed by atoms with van der Waals surface area (Å²) >= 11 is 0. The van der Waals surface area contributed by atoms with E-state index in [0.717, 1.165) is 11.1 Å². The zero-order valence-electron chi connectivity index (χ0n) is 6.83. The summed E-state index contributed by atoms with van der Waals surface area (Å²) in [4.78, 5) is 25.8. The Hall–Kier alpha value is -1.16. The van der Waals surface area contributed by atoms with E-state index in [1.165, 1.54) is 27.2 Å². The van der Waals surface area contributed by atoms with Crippen molar-refractivity contribution in [3.05, 3.63) is 12.2 Å². The van der Waals surface area contributed by atoms with Crippen LogP contribution in [0.15, 0.2) is 12.2 Å². The van der Waals surface area contributed by atoms with Gasteiger partial charge in [0.2, 0.25) is 0 Å². The maximum absolute atomic E-state index is 10.8. The van der Waals surface area contributed by atoms with Crippen LogP contribution in [0.25, 0.3) is 0 Å². The normalized spacial score (nSPS) is 10.1. The molecule has 0 aromatic heterocycles. The van der Waals surface area contributed by atoms with Gasteiger partial charge in [-0.15, -0.1) is 0 Å². The van der Waals surface area contributed by atoms with Crippen LogP contribution in [0.1, 0.15) is 6.92 Å². The van der Waals surface area contributed by atoms with Crippen molar-refractivity contribution < 1.29 is 14.4 Å². The van der Waals surface area contributed by atoms with E-state index < -0.39 is 0 Å². The van der Waals surface area contributed by atoms with E-state index in [9.17, 15) is 9.59 Å². The predicted molar refractivity (Wildman–Crippen MR) is 39.6 cm³/mol. The molecule has 4 nitrogen and oxygen atoms in total. The molecule has 0 aromatic carbocycles. The lowest BCUT2D eigenvalue weighted by atomic mass is 10.4. The van der Waals surface area contributed by atoms with Gasteiger partial charge in [-0.1, -0.05) is 0 Å². The molecule has 0 bridgehead atoms. The van der Waals surface area contributed by atoms with Crippen molar-refractivity contribution in [2.24, 2.45) is 0 Å². The fourth-order valence-electron chi connectivity index (χ4n) is 0.384. The van der Waals surface area contributed by atoms with Crippen LogP contribution < -0.4 is 0 Å². The van der Waals surface area contributed by atoms with Gasteiger partial charge in [-0.05, 0) is 13.0 Å². The molecule has 0 aromatic rings. The van der Waals surface area contributed by atoms with Crippen LogP contribution in [-0.2, 0) is 14.4 Å². The van der Waals surface area contributed by atoms with E-state index in [2.05, 4.69) is 4.84 Å². The Morgan fingerprint density at radius 1 is 1.36 bits per heavy atom. The van der Waals surface area contributed by atoms with E-state index in [0.29, 0.717) is 0 Å². The van der Waals surface area contributed by atoms with Gasteiger partial charge in [-0.25, -0.2) is 5.06 Å². The summed E-state index contributed by atoms with van der Waals surface area (Å²) in [5, 5.41) is 1.03. The highest BCUT2D eigenvalue weighted by atomic mass is 16.7. The molecule has 62 valence electrons. The summed E-state index contributed by atoms with van der Waals surface area (Å²) in [6.45, 7) is 1.37. The smallest absolute Gasteiger partial charge is 0.269 e. The number of allylic oxidation sites excluding steroid dienone is 1. The Morgan fingerprint density at radius 2 is 1.91 bits per heavy atom. The Labute approximate surface area is 65.4 Å². The molecular weight excluding hydrogens is 146 g/mol. The molecule has 1 amide bonds. The van der Waals surface area contributed by atoms with E-state index in [1.807, 2.05) is 0 Å². The summed E-state index contributed by atoms with van der Waals surface area (Å²) in [6.07, 6.45) is 2.35. The van der Waals surface area contributed by atoms with Crippen molar-refractivity contribution in [1.82, 2.24) is 5.06 Å². The van der Waals surface area contributed by atoms with Crippen molar-refractivity contribution in [3.8, 4) is 0 Å². The molecule has 0 aliphatic heterocycles. The summed E-state index contributed by atoms with van der Waals surface area (Å²) in [6, 6.07) is 0. The fourth-order valence-corrected chi connectivity index (χ4v) is 0.384. The quantitative estimate of drug-likeness (QED) is 0.433. The van der Waals surface area contributed by atoms with E-state index in [4.69, 9.17) is 0 Å². The SMILES string of the molecule is CON(C)C(=O)/C=C/C(C)=O. The number of ketones is 1. The van der Waals surface area contributed by atoms with Crippen molar-refractivity contribution in [1.29, 1.82) is 0 Å². The van der Waals surface area contributed by atoms with Crippen molar-refractivity contribution >= 4 is 11.7 Å². The lowest BCUT2D eigenvalue weighted by Crippen LogP contribution is -2.23. The molecule has 0 heterocycles. The highest BCUT2D eigenvalue weighted by Gasteiger charge is 2.01. The van der Waals surface area contributed by atoms with Crippen LogP contribution in [0, 0.1) is 0 Å². The third kappa shape index (κ3) is 4.27. The Bertz CT molecular complexity index is 186. The molecule has 0 saturated heterocycles. The third-order valence-corrected chi connectivity index (χ3v) is 1.04. The van der Waals surface area contributed by atoms with Gasteiger partial charge in [0.1, 0.15) is 0 Å². The largest absolute Gasteiger partial charge is 0.295 e. The summed E-state index contributed by atoms with van der Waals surface area (Å²) in [5.74, 6) is -0.523. The van der Waals surface area contributed by atoms with E-state index in [1.54, 1.807) is 0 Å². The van der Waals surface area contributed by atoms with Crippen LogP contribution in [0.5, 0.6) is 0 Å². The molecule has 0 radical (unpaired) electrons. The Morgan fingerprint density at radius 3 is 2.27 bits per heavy atom. The number of carbonyl (C=O) groups excluding carboxylic acids is 2. The van der Waals surface area contributed by atoms with Crippen LogP contribution in [0.2, 0.25) is 0 Å². The lowest BCUT2D eigenvalue weighted by molar-refractivity contribution is -0.162. The topological polar surface area (TPSA) is 46.6 Å². The first-order valence-corrected chi connectivity index (χ1v) is 3.08. The third-order valence-electron chi connectivity index (χ3n) is 1.04. The number of nitrogens with zero attached hydrogens (tertiary/aromatic N) is 1. The minimum Gasteiger partial charge on any atom is -0.295 e. The molecule has 0 fully saturated rings. The molecule has 0 N–H and O–H groups in total. The first-order valence-electron chi connectivity index (χ1n) is 3.08. The Balaban J connectivity index is 3.96. The van der Waals surface area contributed by atoms with Crippen molar-refractivity contribution in [2.45, 2.75) is 6.92 Å². The number of carbonyl (C=O) groups is 2. The van der Waals surface area contributed by atoms with Gasteiger partial charge in [-0.2, -0.15) is 0 Å². The maximum atomic E-state index is 10.8. The highest BCUT2D eigenvalue weighted by Crippen LogP contribution is 1.86. The standard InChI is InChI=1S/C7H11NO3/c1-6(9)4-5-7(10)8(2)11-3/h4-5H,1-3H3/b5-4+. The van der Waals surface area contributed by atoms with Gasteiger partial charge in [0, 0.05) is 13.1 Å². The summed E-state index contributed by atoms with van der Waals surface area (Å²) in [7, 11) is 2.84.